The largest absolute Gasteiger partial charge is 0.477 e. The molecule has 0 fully saturated rings. The van der Waals surface area contributed by atoms with Crippen LogP contribution in [0.5, 0.6) is 5.75 Å². The SMILES string of the molecule is O=S(=O)(COc1ccc(Cl)c(Cl)c1)c1ccccn1. The topological polar surface area (TPSA) is 56.3 Å². The highest BCUT2D eigenvalue weighted by Crippen LogP contribution is 2.26. The molecular weight excluding hydrogens is 309 g/mol. The van der Waals surface area contributed by atoms with Crippen LogP contribution >= 0.6 is 23.2 Å². The van der Waals surface area contributed by atoms with Crippen molar-refractivity contribution in [1.82, 2.24) is 4.98 Å². The average molecular weight is 318 g/mol. The fraction of sp³-hybridized carbons (Fsp3) is 0.0833. The van der Waals surface area contributed by atoms with Gasteiger partial charge in [-0.3, -0.25) is 0 Å². The highest BCUT2D eigenvalue weighted by Gasteiger charge is 2.16. The van der Waals surface area contributed by atoms with E-state index in [9.17, 15) is 8.42 Å². The Kier molecular flexibility index (Phi) is 4.29. The molecule has 1 aromatic carbocycles. The Balaban J connectivity index is 2.12. The summed E-state index contributed by atoms with van der Waals surface area (Å²) >= 11 is 11.6. The van der Waals surface area contributed by atoms with Crippen LogP contribution in [-0.2, 0) is 9.84 Å². The molecule has 1 aromatic heterocycles. The van der Waals surface area contributed by atoms with Gasteiger partial charge in [0.2, 0.25) is 9.84 Å². The number of nitrogens with zero attached hydrogens (tertiary/aromatic N) is 1. The average Bonchev–Trinajstić information content (AvgIpc) is 2.41. The number of pyridine rings is 1. The van der Waals surface area contributed by atoms with Gasteiger partial charge in [0.1, 0.15) is 5.75 Å². The van der Waals surface area contributed by atoms with E-state index < -0.39 is 15.8 Å². The number of halogens is 2. The predicted molar refractivity (Wildman–Crippen MR) is 73.4 cm³/mol. The summed E-state index contributed by atoms with van der Waals surface area (Å²) in [6.07, 6.45) is 1.41. The van der Waals surface area contributed by atoms with Gasteiger partial charge in [-0.25, -0.2) is 13.4 Å². The molecule has 0 N–H and O–H groups in total. The standard InChI is InChI=1S/C12H9Cl2NO3S/c13-10-5-4-9(7-11(10)14)18-8-19(16,17)12-3-1-2-6-15-12/h1-7H,8H2. The minimum Gasteiger partial charge on any atom is -0.477 e. The van der Waals surface area contributed by atoms with Crippen molar-refractivity contribution in [2.45, 2.75) is 5.03 Å². The van der Waals surface area contributed by atoms with Crippen molar-refractivity contribution >= 4 is 33.0 Å². The summed E-state index contributed by atoms with van der Waals surface area (Å²) in [7, 11) is -3.59. The van der Waals surface area contributed by atoms with Gasteiger partial charge in [-0.2, -0.15) is 0 Å². The van der Waals surface area contributed by atoms with E-state index in [0.29, 0.717) is 15.8 Å². The Labute approximate surface area is 120 Å². The van der Waals surface area contributed by atoms with Crippen molar-refractivity contribution in [3.05, 3.63) is 52.6 Å². The zero-order chi connectivity index (χ0) is 13.9. The minimum atomic E-state index is -3.59. The third-order valence-electron chi connectivity index (χ3n) is 2.23. The summed E-state index contributed by atoms with van der Waals surface area (Å²) in [5, 5.41) is 0.645. The van der Waals surface area contributed by atoms with Crippen molar-refractivity contribution in [3.63, 3.8) is 0 Å². The number of hydrogen-bond donors (Lipinski definition) is 0. The van der Waals surface area contributed by atoms with Gasteiger partial charge in [0.15, 0.2) is 11.0 Å². The van der Waals surface area contributed by atoms with E-state index in [1.807, 2.05) is 0 Å². The third kappa shape index (κ3) is 3.59. The van der Waals surface area contributed by atoms with Crippen LogP contribution in [0.4, 0.5) is 0 Å². The van der Waals surface area contributed by atoms with Gasteiger partial charge in [0, 0.05) is 12.3 Å². The lowest BCUT2D eigenvalue weighted by atomic mass is 10.3. The van der Waals surface area contributed by atoms with Crippen LogP contribution in [0.25, 0.3) is 0 Å². The van der Waals surface area contributed by atoms with E-state index in [-0.39, 0.29) is 5.03 Å². The van der Waals surface area contributed by atoms with Crippen LogP contribution in [0.15, 0.2) is 47.6 Å². The molecule has 0 aliphatic rings. The summed E-state index contributed by atoms with van der Waals surface area (Å²) in [5.74, 6) is -0.184. The highest BCUT2D eigenvalue weighted by molar-refractivity contribution is 7.91. The predicted octanol–water partition coefficient (Wildman–Crippen LogP) is 3.20. The Morgan fingerprint density at radius 2 is 1.89 bits per heavy atom. The Hall–Kier alpha value is -1.30. The molecular formula is C12H9Cl2NO3S. The minimum absolute atomic E-state index is 0.0324. The van der Waals surface area contributed by atoms with Crippen molar-refractivity contribution in [1.29, 1.82) is 0 Å². The lowest BCUT2D eigenvalue weighted by molar-refractivity contribution is 0.376. The summed E-state index contributed by atoms with van der Waals surface area (Å²) in [6.45, 7) is 0. The first kappa shape index (κ1) is 14.1. The second-order valence-electron chi connectivity index (χ2n) is 3.62. The van der Waals surface area contributed by atoms with Gasteiger partial charge in [0.25, 0.3) is 0 Å². The number of ether oxygens (including phenoxy) is 1. The van der Waals surface area contributed by atoms with Crippen LogP contribution < -0.4 is 4.74 Å². The zero-order valence-corrected chi connectivity index (χ0v) is 11.9. The molecule has 0 unspecified atom stereocenters. The first-order valence-corrected chi connectivity index (χ1v) is 7.61. The Morgan fingerprint density at radius 1 is 1.11 bits per heavy atom. The molecule has 7 heteroatoms. The van der Waals surface area contributed by atoms with Gasteiger partial charge in [-0.1, -0.05) is 29.3 Å². The molecule has 0 saturated heterocycles. The van der Waals surface area contributed by atoms with Crippen LogP contribution in [0.2, 0.25) is 10.0 Å². The first-order valence-electron chi connectivity index (χ1n) is 5.21. The lowest BCUT2D eigenvalue weighted by Crippen LogP contribution is -2.13. The molecule has 0 saturated carbocycles. The molecule has 100 valence electrons. The van der Waals surface area contributed by atoms with Gasteiger partial charge in [0.05, 0.1) is 10.0 Å². The number of hydrogen-bond acceptors (Lipinski definition) is 4. The van der Waals surface area contributed by atoms with Gasteiger partial charge < -0.3 is 4.74 Å². The molecule has 0 spiro atoms. The fourth-order valence-corrected chi connectivity index (χ4v) is 2.51. The number of benzene rings is 1. The van der Waals surface area contributed by atoms with Gasteiger partial charge in [-0.15, -0.1) is 0 Å². The van der Waals surface area contributed by atoms with E-state index in [2.05, 4.69) is 4.98 Å². The smallest absolute Gasteiger partial charge is 0.230 e. The molecule has 2 rings (SSSR count). The third-order valence-corrected chi connectivity index (χ3v) is 4.27. The molecule has 19 heavy (non-hydrogen) atoms. The molecule has 4 nitrogen and oxygen atoms in total. The lowest BCUT2D eigenvalue weighted by Gasteiger charge is -2.07. The second kappa shape index (κ2) is 5.77. The highest BCUT2D eigenvalue weighted by atomic mass is 35.5. The molecule has 1 heterocycles. The molecule has 0 amide bonds. The van der Waals surface area contributed by atoms with Gasteiger partial charge >= 0.3 is 0 Å². The van der Waals surface area contributed by atoms with Crippen molar-refractivity contribution in [3.8, 4) is 5.75 Å². The molecule has 0 radical (unpaired) electrons. The monoisotopic (exact) mass is 317 g/mol. The maximum absolute atomic E-state index is 11.9. The van der Waals surface area contributed by atoms with Crippen LogP contribution in [0, 0.1) is 0 Å². The summed E-state index contributed by atoms with van der Waals surface area (Å²) < 4.78 is 29.0. The Morgan fingerprint density at radius 3 is 2.53 bits per heavy atom. The van der Waals surface area contributed by atoms with E-state index >= 15 is 0 Å². The van der Waals surface area contributed by atoms with Crippen LogP contribution in [-0.4, -0.2) is 19.3 Å². The quantitative estimate of drug-likeness (QED) is 0.869. The zero-order valence-electron chi connectivity index (χ0n) is 9.58. The maximum Gasteiger partial charge on any atom is 0.230 e. The molecule has 0 bridgehead atoms. The number of rotatable bonds is 4. The van der Waals surface area contributed by atoms with E-state index in [4.69, 9.17) is 27.9 Å². The normalized spacial score (nSPS) is 11.3. The van der Waals surface area contributed by atoms with Crippen LogP contribution in [0.1, 0.15) is 0 Å². The van der Waals surface area contributed by atoms with E-state index in [0.717, 1.165) is 0 Å². The van der Waals surface area contributed by atoms with Gasteiger partial charge in [-0.05, 0) is 24.3 Å². The van der Waals surface area contributed by atoms with Crippen molar-refractivity contribution in [2.24, 2.45) is 0 Å². The molecule has 0 atom stereocenters. The number of aromatic nitrogens is 1. The summed E-state index contributed by atoms with van der Waals surface area (Å²) in [5.41, 5.74) is 0. The first-order chi connectivity index (χ1) is 8.99. The Bertz CT molecular complexity index is 675. The van der Waals surface area contributed by atoms with E-state index in [1.54, 1.807) is 18.2 Å². The second-order valence-corrected chi connectivity index (χ2v) is 6.32. The number of sulfone groups is 1. The molecule has 0 aliphatic heterocycles. The fourth-order valence-electron chi connectivity index (χ4n) is 1.30. The van der Waals surface area contributed by atoms with Crippen molar-refractivity contribution < 1.29 is 13.2 Å². The van der Waals surface area contributed by atoms with Crippen LogP contribution in [0.3, 0.4) is 0 Å². The molecule has 0 aliphatic carbocycles. The molecule has 2 aromatic rings. The summed E-state index contributed by atoms with van der Waals surface area (Å²) in [4.78, 5) is 3.78. The van der Waals surface area contributed by atoms with Crippen molar-refractivity contribution in [2.75, 3.05) is 5.94 Å². The summed E-state index contributed by atoms with van der Waals surface area (Å²) in [6, 6.07) is 9.18. The maximum atomic E-state index is 11.9. The van der Waals surface area contributed by atoms with E-state index in [1.165, 1.54) is 24.4 Å².